The van der Waals surface area contributed by atoms with Crippen LogP contribution < -0.4 is 10.1 Å². The number of hydrogen-bond donors (Lipinski definition) is 1. The highest BCUT2D eigenvalue weighted by Gasteiger charge is 2.42. The molecule has 1 saturated carbocycles. The third kappa shape index (κ3) is 2.54. The van der Waals surface area contributed by atoms with Crippen LogP contribution in [0.2, 0.25) is 0 Å². The monoisotopic (exact) mass is 320 g/mol. The second-order valence-electron chi connectivity index (χ2n) is 6.17. The zero-order chi connectivity index (χ0) is 16.5. The van der Waals surface area contributed by atoms with Crippen LogP contribution in [-0.2, 0) is 0 Å². The van der Waals surface area contributed by atoms with Crippen LogP contribution in [0.25, 0.3) is 0 Å². The van der Waals surface area contributed by atoms with Gasteiger partial charge in [-0.3, -0.25) is 4.79 Å². The maximum absolute atomic E-state index is 13.0. The molecule has 1 atom stereocenters. The fraction of sp³-hybridized carbons (Fsp3) is 0.250. The number of carbonyl (C=O) groups excluding carboxylic acids is 1. The van der Waals surface area contributed by atoms with Crippen molar-refractivity contribution in [2.24, 2.45) is 0 Å². The minimum absolute atomic E-state index is 0.0929. The Morgan fingerprint density at radius 1 is 1.17 bits per heavy atom. The predicted molar refractivity (Wildman–Crippen MR) is 94.1 cm³/mol. The number of fused-ring (bicyclic) bond motifs is 1. The van der Waals surface area contributed by atoms with E-state index >= 15 is 0 Å². The van der Waals surface area contributed by atoms with Crippen LogP contribution in [0.4, 0.5) is 5.69 Å². The van der Waals surface area contributed by atoms with Gasteiger partial charge in [-0.05, 0) is 31.0 Å². The number of para-hydroxylation sites is 2. The number of rotatable bonds is 5. The van der Waals surface area contributed by atoms with E-state index in [4.69, 9.17) is 4.74 Å². The number of hydrogen-bond acceptors (Lipinski definition) is 3. The Balaban J connectivity index is 1.76. The van der Waals surface area contributed by atoms with E-state index in [0.717, 1.165) is 35.4 Å². The Morgan fingerprint density at radius 2 is 1.92 bits per heavy atom. The minimum atomic E-state index is -0.207. The molecule has 2 aliphatic rings. The summed E-state index contributed by atoms with van der Waals surface area (Å²) in [5.41, 5.74) is 2.60. The molecule has 2 aromatic carbocycles. The molecule has 0 unspecified atom stereocenters. The van der Waals surface area contributed by atoms with E-state index in [1.807, 2.05) is 53.4 Å². The van der Waals surface area contributed by atoms with Crippen LogP contribution in [0.1, 0.15) is 34.9 Å². The van der Waals surface area contributed by atoms with Crippen LogP contribution in [-0.4, -0.2) is 23.5 Å². The van der Waals surface area contributed by atoms with Crippen molar-refractivity contribution in [1.82, 2.24) is 4.90 Å². The van der Waals surface area contributed by atoms with Crippen molar-refractivity contribution in [1.29, 1.82) is 0 Å². The Morgan fingerprint density at radius 3 is 2.71 bits per heavy atom. The summed E-state index contributed by atoms with van der Waals surface area (Å²) in [5.74, 6) is 0.878. The highest BCUT2D eigenvalue weighted by molar-refractivity contribution is 6.02. The lowest BCUT2D eigenvalue weighted by Gasteiger charge is -2.38. The summed E-state index contributed by atoms with van der Waals surface area (Å²) in [4.78, 5) is 15.0. The molecule has 2 aromatic rings. The van der Waals surface area contributed by atoms with Gasteiger partial charge in [0.15, 0.2) is 0 Å². The first kappa shape index (κ1) is 14.8. The van der Waals surface area contributed by atoms with Crippen LogP contribution in [0, 0.1) is 0 Å². The van der Waals surface area contributed by atoms with Crippen molar-refractivity contribution in [3.05, 3.63) is 72.3 Å². The molecule has 1 heterocycles. The second kappa shape index (κ2) is 6.04. The molecule has 122 valence electrons. The maximum Gasteiger partial charge on any atom is 0.258 e. The van der Waals surface area contributed by atoms with E-state index in [2.05, 4.69) is 11.9 Å². The molecule has 24 heavy (non-hydrogen) atoms. The summed E-state index contributed by atoms with van der Waals surface area (Å²) in [7, 11) is 0. The smallest absolute Gasteiger partial charge is 0.258 e. The Hall–Kier alpha value is -2.75. The molecule has 0 saturated heterocycles. The van der Waals surface area contributed by atoms with Crippen molar-refractivity contribution in [2.45, 2.75) is 25.0 Å². The summed E-state index contributed by atoms with van der Waals surface area (Å²) < 4.78 is 5.82. The highest BCUT2D eigenvalue weighted by Crippen LogP contribution is 2.42. The van der Waals surface area contributed by atoms with Gasteiger partial charge in [0.25, 0.3) is 5.91 Å². The summed E-state index contributed by atoms with van der Waals surface area (Å²) in [6.07, 6.45) is 3.63. The first-order valence-electron chi connectivity index (χ1n) is 8.30. The van der Waals surface area contributed by atoms with Gasteiger partial charge in [0, 0.05) is 17.3 Å². The van der Waals surface area contributed by atoms with Gasteiger partial charge in [0.2, 0.25) is 0 Å². The fourth-order valence-electron chi connectivity index (χ4n) is 3.21. The van der Waals surface area contributed by atoms with E-state index in [-0.39, 0.29) is 12.1 Å². The maximum atomic E-state index is 13.0. The average molecular weight is 320 g/mol. The summed E-state index contributed by atoms with van der Waals surface area (Å²) in [5, 5.41) is 3.53. The molecule has 1 amide bonds. The number of carbonyl (C=O) groups is 1. The molecular weight excluding hydrogens is 300 g/mol. The lowest BCUT2D eigenvalue weighted by molar-refractivity contribution is 0.0664. The van der Waals surface area contributed by atoms with Gasteiger partial charge in [-0.1, -0.05) is 43.0 Å². The van der Waals surface area contributed by atoms with Crippen LogP contribution in [0.5, 0.6) is 5.75 Å². The lowest BCUT2D eigenvalue weighted by Crippen LogP contribution is -2.44. The fourth-order valence-corrected chi connectivity index (χ4v) is 3.21. The molecule has 4 rings (SSSR count). The lowest BCUT2D eigenvalue weighted by atomic mass is 10.0. The minimum Gasteiger partial charge on any atom is -0.489 e. The summed E-state index contributed by atoms with van der Waals surface area (Å²) >= 11 is 0. The number of amides is 1. The van der Waals surface area contributed by atoms with Gasteiger partial charge >= 0.3 is 0 Å². The van der Waals surface area contributed by atoms with E-state index < -0.39 is 0 Å². The first-order valence-corrected chi connectivity index (χ1v) is 8.30. The van der Waals surface area contributed by atoms with Gasteiger partial charge in [-0.2, -0.15) is 0 Å². The first-order chi connectivity index (χ1) is 11.8. The Kier molecular flexibility index (Phi) is 3.73. The zero-order valence-corrected chi connectivity index (χ0v) is 13.4. The topological polar surface area (TPSA) is 41.6 Å². The van der Waals surface area contributed by atoms with Crippen molar-refractivity contribution < 1.29 is 9.53 Å². The Bertz CT molecular complexity index is 783. The molecule has 0 radical (unpaired) electrons. The van der Waals surface area contributed by atoms with E-state index in [1.54, 1.807) is 6.08 Å². The third-order valence-electron chi connectivity index (χ3n) is 4.47. The molecular formula is C20H20N2O2. The third-order valence-corrected chi connectivity index (χ3v) is 4.47. The molecule has 0 bridgehead atoms. The SMILES string of the molecule is C=CCOc1ccccc1[C@H]1Nc2ccccc2C(=O)N1C1CC1. The number of benzene rings is 2. The normalized spacial score (nSPS) is 19.4. The van der Waals surface area contributed by atoms with Crippen molar-refractivity contribution in [2.75, 3.05) is 11.9 Å². The molecule has 1 N–H and O–H groups in total. The van der Waals surface area contributed by atoms with Gasteiger partial charge in [0.1, 0.15) is 18.5 Å². The van der Waals surface area contributed by atoms with Crippen molar-refractivity contribution >= 4 is 11.6 Å². The standard InChI is InChI=1S/C20H20N2O2/c1-2-13-24-18-10-6-4-8-16(18)19-21-17-9-5-3-7-15(17)20(23)22(19)14-11-12-14/h2-10,14,19,21H,1,11-13H2/t19-/m0/s1. The van der Waals surface area contributed by atoms with E-state index in [1.165, 1.54) is 0 Å². The molecule has 1 aliphatic heterocycles. The molecule has 0 aromatic heterocycles. The highest BCUT2D eigenvalue weighted by atomic mass is 16.5. The molecule has 1 aliphatic carbocycles. The summed E-state index contributed by atoms with van der Waals surface area (Å²) in [6, 6.07) is 15.9. The molecule has 4 heteroatoms. The van der Waals surface area contributed by atoms with Gasteiger partial charge in [-0.15, -0.1) is 0 Å². The average Bonchev–Trinajstić information content (AvgIpc) is 3.45. The quantitative estimate of drug-likeness (QED) is 0.847. The largest absolute Gasteiger partial charge is 0.489 e. The number of ether oxygens (including phenoxy) is 1. The van der Waals surface area contributed by atoms with Crippen LogP contribution >= 0.6 is 0 Å². The van der Waals surface area contributed by atoms with Gasteiger partial charge in [0.05, 0.1) is 5.56 Å². The molecule has 0 spiro atoms. The molecule has 4 nitrogen and oxygen atoms in total. The zero-order valence-electron chi connectivity index (χ0n) is 13.4. The van der Waals surface area contributed by atoms with Crippen LogP contribution in [0.3, 0.4) is 0 Å². The molecule has 1 fully saturated rings. The van der Waals surface area contributed by atoms with Gasteiger partial charge < -0.3 is 15.0 Å². The Labute approximate surface area is 141 Å². The van der Waals surface area contributed by atoms with E-state index in [0.29, 0.717) is 12.6 Å². The predicted octanol–water partition coefficient (Wildman–Crippen LogP) is 3.98. The van der Waals surface area contributed by atoms with Gasteiger partial charge in [-0.25, -0.2) is 0 Å². The van der Waals surface area contributed by atoms with Crippen molar-refractivity contribution in [3.8, 4) is 5.75 Å². The number of nitrogens with one attached hydrogen (secondary N) is 1. The summed E-state index contributed by atoms with van der Waals surface area (Å²) in [6.45, 7) is 4.15. The number of nitrogens with zero attached hydrogens (tertiary/aromatic N) is 1. The van der Waals surface area contributed by atoms with E-state index in [9.17, 15) is 4.79 Å². The van der Waals surface area contributed by atoms with Crippen LogP contribution in [0.15, 0.2) is 61.2 Å². The number of anilines is 1. The second-order valence-corrected chi connectivity index (χ2v) is 6.17. The van der Waals surface area contributed by atoms with Crippen molar-refractivity contribution in [3.63, 3.8) is 0 Å².